The first kappa shape index (κ1) is 24.3. The molecule has 1 aromatic heterocycles. The molecule has 1 fully saturated rings. The number of nitrogens with zero attached hydrogens (tertiary/aromatic N) is 1. The third-order valence-electron chi connectivity index (χ3n) is 7.17. The standard InChI is InChI=1S/C26H40N4O2/c1-18(2)24-13-21(14-25(31)28-16-20-8-7-11-27-15-20)19(3)12-22(24)17-29-26(32)30-23-9-5-4-6-10-23/h7-8,11-12,15,18,21-24H,4-6,9-10,13-14,16-17H2,1-3H3,(H,28,31)(H2,29,30,32)/t21-,22-,24-/m0/s1. The van der Waals surface area contributed by atoms with Crippen molar-refractivity contribution in [1.82, 2.24) is 20.9 Å². The van der Waals surface area contributed by atoms with E-state index in [-0.39, 0.29) is 17.9 Å². The van der Waals surface area contributed by atoms with E-state index in [1.54, 1.807) is 12.4 Å². The van der Waals surface area contributed by atoms with Crippen molar-refractivity contribution < 1.29 is 9.59 Å². The molecule has 0 spiro atoms. The van der Waals surface area contributed by atoms with Crippen molar-refractivity contribution in [1.29, 1.82) is 0 Å². The lowest BCUT2D eigenvalue weighted by Crippen LogP contribution is -2.45. The Morgan fingerprint density at radius 1 is 1.16 bits per heavy atom. The number of hydrogen-bond acceptors (Lipinski definition) is 3. The molecule has 0 aromatic carbocycles. The number of aromatic nitrogens is 1. The third-order valence-corrected chi connectivity index (χ3v) is 7.17. The van der Waals surface area contributed by atoms with Gasteiger partial charge in [-0.2, -0.15) is 0 Å². The van der Waals surface area contributed by atoms with Gasteiger partial charge in [-0.3, -0.25) is 9.78 Å². The first-order valence-electron chi connectivity index (χ1n) is 12.3. The summed E-state index contributed by atoms with van der Waals surface area (Å²) in [4.78, 5) is 29.1. The van der Waals surface area contributed by atoms with Crippen molar-refractivity contribution in [3.8, 4) is 0 Å². The zero-order valence-electron chi connectivity index (χ0n) is 19.9. The molecule has 2 aliphatic carbocycles. The second-order valence-corrected chi connectivity index (χ2v) is 9.95. The van der Waals surface area contributed by atoms with E-state index in [1.165, 1.54) is 24.8 Å². The van der Waals surface area contributed by atoms with Crippen LogP contribution in [-0.4, -0.2) is 29.5 Å². The molecule has 0 unspecified atom stereocenters. The van der Waals surface area contributed by atoms with Crippen molar-refractivity contribution in [3.05, 3.63) is 41.7 Å². The molecule has 3 N–H and O–H groups in total. The number of hydrogen-bond donors (Lipinski definition) is 3. The molecule has 6 heteroatoms. The smallest absolute Gasteiger partial charge is 0.315 e. The van der Waals surface area contributed by atoms with Gasteiger partial charge in [0.1, 0.15) is 0 Å². The predicted molar refractivity (Wildman–Crippen MR) is 128 cm³/mol. The molecule has 3 amide bonds. The summed E-state index contributed by atoms with van der Waals surface area (Å²) < 4.78 is 0. The van der Waals surface area contributed by atoms with Crippen molar-refractivity contribution in [3.63, 3.8) is 0 Å². The van der Waals surface area contributed by atoms with Crippen LogP contribution >= 0.6 is 0 Å². The summed E-state index contributed by atoms with van der Waals surface area (Å²) in [5, 5.41) is 9.30. The zero-order chi connectivity index (χ0) is 22.9. The molecule has 1 saturated carbocycles. The van der Waals surface area contributed by atoms with E-state index in [0.29, 0.717) is 43.3 Å². The minimum atomic E-state index is -0.0395. The topological polar surface area (TPSA) is 83.1 Å². The highest BCUT2D eigenvalue weighted by Crippen LogP contribution is 2.38. The summed E-state index contributed by atoms with van der Waals surface area (Å²) in [5.74, 6) is 1.58. The number of urea groups is 1. The molecule has 176 valence electrons. The number of rotatable bonds is 8. The molecule has 3 atom stereocenters. The fourth-order valence-corrected chi connectivity index (χ4v) is 5.20. The second kappa shape index (κ2) is 12.0. The van der Waals surface area contributed by atoms with Crippen LogP contribution in [0.3, 0.4) is 0 Å². The van der Waals surface area contributed by atoms with Crippen molar-refractivity contribution >= 4 is 11.9 Å². The molecule has 0 radical (unpaired) electrons. The monoisotopic (exact) mass is 440 g/mol. The van der Waals surface area contributed by atoms with E-state index in [4.69, 9.17) is 0 Å². The van der Waals surface area contributed by atoms with E-state index in [1.807, 2.05) is 12.1 Å². The molecule has 0 saturated heterocycles. The van der Waals surface area contributed by atoms with Crippen LogP contribution in [0.25, 0.3) is 0 Å². The SMILES string of the molecule is CC1=C[C@@H](CNC(=O)NC2CCCCC2)[C@H](C(C)C)C[C@H]1CC(=O)NCc1cccnc1. The maximum atomic E-state index is 12.6. The fourth-order valence-electron chi connectivity index (χ4n) is 5.20. The summed E-state index contributed by atoms with van der Waals surface area (Å²) in [6.07, 6.45) is 13.2. The molecule has 1 heterocycles. The van der Waals surface area contributed by atoms with Crippen LogP contribution < -0.4 is 16.0 Å². The van der Waals surface area contributed by atoms with Gasteiger partial charge in [0.05, 0.1) is 0 Å². The molecular weight excluding hydrogens is 400 g/mol. The highest BCUT2D eigenvalue weighted by atomic mass is 16.2. The highest BCUT2D eigenvalue weighted by Gasteiger charge is 2.32. The normalized spacial score (nSPS) is 24.0. The summed E-state index contributed by atoms with van der Waals surface area (Å²) in [6.45, 7) is 7.78. The van der Waals surface area contributed by atoms with Crippen LogP contribution in [0, 0.1) is 23.7 Å². The van der Waals surface area contributed by atoms with Crippen LogP contribution in [-0.2, 0) is 11.3 Å². The van der Waals surface area contributed by atoms with E-state index in [0.717, 1.165) is 24.8 Å². The molecular formula is C26H40N4O2. The molecule has 0 bridgehead atoms. The average Bonchev–Trinajstić information content (AvgIpc) is 2.79. The Morgan fingerprint density at radius 2 is 1.94 bits per heavy atom. The van der Waals surface area contributed by atoms with Gasteiger partial charge in [-0.25, -0.2) is 4.79 Å². The van der Waals surface area contributed by atoms with Gasteiger partial charge < -0.3 is 16.0 Å². The maximum Gasteiger partial charge on any atom is 0.315 e. The zero-order valence-corrected chi connectivity index (χ0v) is 19.9. The lowest BCUT2D eigenvalue weighted by molar-refractivity contribution is -0.122. The number of carbonyl (C=O) groups excluding carboxylic acids is 2. The van der Waals surface area contributed by atoms with Crippen molar-refractivity contribution in [2.75, 3.05) is 6.54 Å². The molecule has 3 rings (SSSR count). The molecule has 2 aliphatic rings. The first-order valence-corrected chi connectivity index (χ1v) is 12.3. The van der Waals surface area contributed by atoms with Crippen LogP contribution in [0.4, 0.5) is 4.79 Å². The Bertz CT molecular complexity index is 771. The predicted octanol–water partition coefficient (Wildman–Crippen LogP) is 4.57. The van der Waals surface area contributed by atoms with Gasteiger partial charge >= 0.3 is 6.03 Å². The number of amides is 3. The molecule has 1 aromatic rings. The van der Waals surface area contributed by atoms with E-state index >= 15 is 0 Å². The Balaban J connectivity index is 1.50. The summed E-state index contributed by atoms with van der Waals surface area (Å²) in [7, 11) is 0. The average molecular weight is 441 g/mol. The van der Waals surface area contributed by atoms with Crippen molar-refractivity contribution in [2.45, 2.75) is 78.3 Å². The minimum Gasteiger partial charge on any atom is -0.352 e. The number of pyridine rings is 1. The Hall–Kier alpha value is -2.37. The number of nitrogens with one attached hydrogen (secondary N) is 3. The lowest BCUT2D eigenvalue weighted by Gasteiger charge is -2.37. The van der Waals surface area contributed by atoms with Gasteiger partial charge in [-0.05, 0) is 61.5 Å². The highest BCUT2D eigenvalue weighted by molar-refractivity contribution is 5.76. The van der Waals surface area contributed by atoms with Crippen LogP contribution in [0.5, 0.6) is 0 Å². The summed E-state index contributed by atoms with van der Waals surface area (Å²) in [6, 6.07) is 4.13. The van der Waals surface area contributed by atoms with E-state index < -0.39 is 0 Å². The Labute approximate surface area is 193 Å². The maximum absolute atomic E-state index is 12.6. The first-order chi connectivity index (χ1) is 15.4. The quantitative estimate of drug-likeness (QED) is 0.518. The fraction of sp³-hybridized carbons (Fsp3) is 0.654. The van der Waals surface area contributed by atoms with Crippen LogP contribution in [0.15, 0.2) is 36.2 Å². The van der Waals surface area contributed by atoms with Gasteiger partial charge in [0, 0.05) is 37.9 Å². The van der Waals surface area contributed by atoms with E-state index in [2.05, 4.69) is 47.8 Å². The van der Waals surface area contributed by atoms with Crippen molar-refractivity contribution in [2.24, 2.45) is 23.7 Å². The molecule has 32 heavy (non-hydrogen) atoms. The van der Waals surface area contributed by atoms with Gasteiger partial charge in [-0.15, -0.1) is 0 Å². The van der Waals surface area contributed by atoms with Crippen LogP contribution in [0.2, 0.25) is 0 Å². The molecule has 0 aliphatic heterocycles. The second-order valence-electron chi connectivity index (χ2n) is 9.95. The largest absolute Gasteiger partial charge is 0.352 e. The Kier molecular flexibility index (Phi) is 9.12. The van der Waals surface area contributed by atoms with Gasteiger partial charge in [0.25, 0.3) is 0 Å². The van der Waals surface area contributed by atoms with Crippen LogP contribution in [0.1, 0.15) is 71.3 Å². The summed E-state index contributed by atoms with van der Waals surface area (Å²) >= 11 is 0. The van der Waals surface area contributed by atoms with Gasteiger partial charge in [0.15, 0.2) is 0 Å². The third kappa shape index (κ3) is 7.35. The molecule has 6 nitrogen and oxygen atoms in total. The van der Waals surface area contributed by atoms with Gasteiger partial charge in [-0.1, -0.05) is 50.8 Å². The Morgan fingerprint density at radius 3 is 2.62 bits per heavy atom. The lowest BCUT2D eigenvalue weighted by atomic mass is 9.70. The number of allylic oxidation sites excluding steroid dienone is 1. The van der Waals surface area contributed by atoms with E-state index in [9.17, 15) is 9.59 Å². The number of carbonyl (C=O) groups is 2. The minimum absolute atomic E-state index is 0.0395. The van der Waals surface area contributed by atoms with Gasteiger partial charge in [0.2, 0.25) is 5.91 Å². The summed E-state index contributed by atoms with van der Waals surface area (Å²) in [5.41, 5.74) is 2.27.